The van der Waals surface area contributed by atoms with Crippen LogP contribution in [0.5, 0.6) is 0 Å². The summed E-state index contributed by atoms with van der Waals surface area (Å²) in [7, 11) is 0. The number of rotatable bonds is 1. The minimum atomic E-state index is 0.389. The van der Waals surface area contributed by atoms with Crippen LogP contribution in [-0.2, 0) is 4.79 Å². The second-order valence-electron chi connectivity index (χ2n) is 3.48. The molecule has 1 heteroatoms. The third-order valence-corrected chi connectivity index (χ3v) is 2.81. The predicted octanol–water partition coefficient (Wildman–Crippen LogP) is 1.93. The first-order chi connectivity index (χ1) is 4.77. The zero-order valence-corrected chi connectivity index (χ0v) is 6.26. The minimum absolute atomic E-state index is 0.389. The third-order valence-electron chi connectivity index (χ3n) is 2.81. The molecule has 2 bridgehead atoms. The lowest BCUT2D eigenvalue weighted by atomic mass is 9.89. The molecule has 1 saturated carbocycles. The fourth-order valence-corrected chi connectivity index (χ4v) is 2.22. The molecule has 0 amide bonds. The van der Waals surface area contributed by atoms with E-state index in [4.69, 9.17) is 0 Å². The van der Waals surface area contributed by atoms with Crippen molar-refractivity contribution in [3.63, 3.8) is 0 Å². The topological polar surface area (TPSA) is 17.1 Å². The Morgan fingerprint density at radius 3 is 2.70 bits per heavy atom. The first-order valence-corrected chi connectivity index (χ1v) is 3.95. The highest BCUT2D eigenvalue weighted by atomic mass is 16.1. The van der Waals surface area contributed by atoms with E-state index in [2.05, 4.69) is 6.08 Å². The molecular weight excluding hydrogens is 124 g/mol. The SMILES string of the molecule is CC(=O)C1CC2=CCC1C2. The maximum atomic E-state index is 11.0. The summed E-state index contributed by atoms with van der Waals surface area (Å²) in [5, 5.41) is 0. The standard InChI is InChI=1S/C9H12O/c1-6(10)9-5-7-2-3-8(9)4-7/h2,8-9H,3-5H2,1H3. The molecule has 0 aromatic carbocycles. The van der Waals surface area contributed by atoms with Crippen LogP contribution in [0.4, 0.5) is 0 Å². The van der Waals surface area contributed by atoms with Crippen molar-refractivity contribution in [2.75, 3.05) is 0 Å². The molecule has 10 heavy (non-hydrogen) atoms. The van der Waals surface area contributed by atoms with Gasteiger partial charge in [-0.15, -0.1) is 0 Å². The fourth-order valence-electron chi connectivity index (χ4n) is 2.22. The molecule has 0 heterocycles. The van der Waals surface area contributed by atoms with Crippen LogP contribution in [0.1, 0.15) is 26.2 Å². The minimum Gasteiger partial charge on any atom is -0.300 e. The molecule has 2 aliphatic carbocycles. The molecule has 0 spiro atoms. The largest absolute Gasteiger partial charge is 0.300 e. The quantitative estimate of drug-likeness (QED) is 0.503. The summed E-state index contributed by atoms with van der Waals surface area (Å²) in [6.07, 6.45) is 5.76. The Bertz CT molecular complexity index is 203. The highest BCUT2D eigenvalue weighted by Crippen LogP contribution is 2.44. The molecule has 0 aromatic rings. The van der Waals surface area contributed by atoms with Crippen LogP contribution in [0.2, 0.25) is 0 Å². The van der Waals surface area contributed by atoms with Gasteiger partial charge < -0.3 is 0 Å². The summed E-state index contributed by atoms with van der Waals surface area (Å²) < 4.78 is 0. The molecule has 1 fully saturated rings. The van der Waals surface area contributed by atoms with Gasteiger partial charge in [-0.2, -0.15) is 0 Å². The van der Waals surface area contributed by atoms with Gasteiger partial charge in [0, 0.05) is 5.92 Å². The number of Topliss-reactive ketones (excluding diaryl/α,β-unsaturated/α-hetero) is 1. The molecule has 1 nitrogen and oxygen atoms in total. The summed E-state index contributed by atoms with van der Waals surface area (Å²) >= 11 is 0. The van der Waals surface area contributed by atoms with Gasteiger partial charge in [0.25, 0.3) is 0 Å². The van der Waals surface area contributed by atoms with Crippen LogP contribution in [0, 0.1) is 11.8 Å². The smallest absolute Gasteiger partial charge is 0.133 e. The summed E-state index contributed by atoms with van der Waals surface area (Å²) in [4.78, 5) is 11.0. The van der Waals surface area contributed by atoms with Crippen LogP contribution < -0.4 is 0 Å². The van der Waals surface area contributed by atoms with Crippen molar-refractivity contribution in [2.45, 2.75) is 26.2 Å². The van der Waals surface area contributed by atoms with E-state index in [-0.39, 0.29) is 0 Å². The number of carbonyl (C=O) groups is 1. The molecule has 0 aromatic heterocycles. The van der Waals surface area contributed by atoms with Gasteiger partial charge in [0.2, 0.25) is 0 Å². The van der Waals surface area contributed by atoms with E-state index in [0.717, 1.165) is 6.42 Å². The number of ketones is 1. The molecule has 2 atom stereocenters. The van der Waals surface area contributed by atoms with E-state index in [1.165, 1.54) is 18.4 Å². The van der Waals surface area contributed by atoms with Crippen molar-refractivity contribution in [2.24, 2.45) is 11.8 Å². The molecule has 54 valence electrons. The molecule has 0 aliphatic heterocycles. The molecule has 0 N–H and O–H groups in total. The van der Waals surface area contributed by atoms with Crippen molar-refractivity contribution in [1.29, 1.82) is 0 Å². The average molecular weight is 136 g/mol. The number of hydrogen-bond acceptors (Lipinski definition) is 1. The Hall–Kier alpha value is -0.590. The Kier molecular flexibility index (Phi) is 1.19. The molecule has 2 unspecified atom stereocenters. The fraction of sp³-hybridized carbons (Fsp3) is 0.667. The van der Waals surface area contributed by atoms with Crippen molar-refractivity contribution in [3.05, 3.63) is 11.6 Å². The summed E-state index contributed by atoms with van der Waals surface area (Å²) in [5.74, 6) is 1.47. The second-order valence-corrected chi connectivity index (χ2v) is 3.48. The molecule has 2 rings (SSSR count). The monoisotopic (exact) mass is 136 g/mol. The molecular formula is C9H12O. The van der Waals surface area contributed by atoms with Gasteiger partial charge in [-0.25, -0.2) is 0 Å². The molecule has 0 saturated heterocycles. The first-order valence-electron chi connectivity index (χ1n) is 3.95. The number of hydrogen-bond donors (Lipinski definition) is 0. The van der Waals surface area contributed by atoms with Crippen LogP contribution in [-0.4, -0.2) is 5.78 Å². The van der Waals surface area contributed by atoms with Crippen LogP contribution in [0.25, 0.3) is 0 Å². The maximum absolute atomic E-state index is 11.0. The third kappa shape index (κ3) is 0.731. The van der Waals surface area contributed by atoms with Crippen molar-refractivity contribution in [3.8, 4) is 0 Å². The van der Waals surface area contributed by atoms with Crippen molar-refractivity contribution in [1.82, 2.24) is 0 Å². The average Bonchev–Trinajstić information content (AvgIpc) is 2.44. The zero-order valence-electron chi connectivity index (χ0n) is 6.26. The molecule has 2 aliphatic rings. The van der Waals surface area contributed by atoms with Gasteiger partial charge in [0.1, 0.15) is 5.78 Å². The van der Waals surface area contributed by atoms with Gasteiger partial charge in [-0.3, -0.25) is 4.79 Å². The second kappa shape index (κ2) is 1.94. The maximum Gasteiger partial charge on any atom is 0.133 e. The van der Waals surface area contributed by atoms with Gasteiger partial charge >= 0.3 is 0 Å². The lowest BCUT2D eigenvalue weighted by molar-refractivity contribution is -0.121. The number of fused-ring (bicyclic) bond motifs is 2. The Labute approximate surface area is 61.1 Å². The van der Waals surface area contributed by atoms with Crippen LogP contribution in [0.3, 0.4) is 0 Å². The van der Waals surface area contributed by atoms with Crippen LogP contribution >= 0.6 is 0 Å². The predicted molar refractivity (Wildman–Crippen MR) is 39.6 cm³/mol. The van der Waals surface area contributed by atoms with E-state index >= 15 is 0 Å². The van der Waals surface area contributed by atoms with E-state index in [9.17, 15) is 4.79 Å². The van der Waals surface area contributed by atoms with Gasteiger partial charge in [-0.1, -0.05) is 11.6 Å². The lowest BCUT2D eigenvalue weighted by Crippen LogP contribution is -2.15. The lowest BCUT2D eigenvalue weighted by Gasteiger charge is -2.14. The summed E-state index contributed by atoms with van der Waals surface area (Å²) in [6, 6.07) is 0. The van der Waals surface area contributed by atoms with Crippen molar-refractivity contribution < 1.29 is 4.79 Å². The van der Waals surface area contributed by atoms with E-state index in [1.54, 1.807) is 6.92 Å². The zero-order chi connectivity index (χ0) is 7.14. The Morgan fingerprint density at radius 1 is 1.60 bits per heavy atom. The highest BCUT2D eigenvalue weighted by molar-refractivity contribution is 5.79. The first kappa shape index (κ1) is 6.14. The van der Waals surface area contributed by atoms with Crippen LogP contribution in [0.15, 0.2) is 11.6 Å². The van der Waals surface area contributed by atoms with E-state index in [0.29, 0.717) is 17.6 Å². The van der Waals surface area contributed by atoms with Crippen molar-refractivity contribution >= 4 is 5.78 Å². The van der Waals surface area contributed by atoms with Gasteiger partial charge in [-0.05, 0) is 32.1 Å². The van der Waals surface area contributed by atoms with Gasteiger partial charge in [0.15, 0.2) is 0 Å². The summed E-state index contributed by atoms with van der Waals surface area (Å²) in [5.41, 5.74) is 1.53. The van der Waals surface area contributed by atoms with E-state index in [1.807, 2.05) is 0 Å². The number of allylic oxidation sites excluding steroid dienone is 2. The molecule has 0 radical (unpaired) electrons. The van der Waals surface area contributed by atoms with E-state index < -0.39 is 0 Å². The normalized spacial score (nSPS) is 36.3. The summed E-state index contributed by atoms with van der Waals surface area (Å²) in [6.45, 7) is 1.73. The van der Waals surface area contributed by atoms with Gasteiger partial charge in [0.05, 0.1) is 0 Å². The highest BCUT2D eigenvalue weighted by Gasteiger charge is 2.36. The Balaban J connectivity index is 2.17. The number of carbonyl (C=O) groups excluding carboxylic acids is 1. The Morgan fingerprint density at radius 2 is 2.40 bits per heavy atom.